The van der Waals surface area contributed by atoms with E-state index in [1.165, 1.54) is 20.1 Å². The minimum absolute atomic E-state index is 0.0664. The van der Waals surface area contributed by atoms with Gasteiger partial charge in [0.05, 0.1) is 15.1 Å². The van der Waals surface area contributed by atoms with Crippen LogP contribution in [0.5, 0.6) is 0 Å². The smallest absolute Gasteiger partial charge is 0.253 e. The molecular weight excluding hydrogens is 480 g/mol. The van der Waals surface area contributed by atoms with Gasteiger partial charge in [0.1, 0.15) is 0 Å². The van der Waals surface area contributed by atoms with Crippen LogP contribution in [0.4, 0.5) is 5.13 Å². The lowest BCUT2D eigenvalue weighted by atomic mass is 10.1. The molecular formula is C26H34N4O3S2. The fourth-order valence-electron chi connectivity index (χ4n) is 4.40. The van der Waals surface area contributed by atoms with Gasteiger partial charge in [0, 0.05) is 44.8 Å². The van der Waals surface area contributed by atoms with E-state index in [0.29, 0.717) is 31.7 Å². The van der Waals surface area contributed by atoms with Gasteiger partial charge in [-0.2, -0.15) is 4.31 Å². The molecule has 0 saturated carbocycles. The number of aryl methyl sites for hydroxylation is 2. The maximum absolute atomic E-state index is 13.1. The fourth-order valence-corrected chi connectivity index (χ4v) is 7.10. The lowest BCUT2D eigenvalue weighted by molar-refractivity contribution is 0.0746. The van der Waals surface area contributed by atoms with Crippen molar-refractivity contribution < 1.29 is 13.2 Å². The summed E-state index contributed by atoms with van der Waals surface area (Å²) in [5.41, 5.74) is 4.04. The van der Waals surface area contributed by atoms with E-state index in [0.717, 1.165) is 36.6 Å². The van der Waals surface area contributed by atoms with Crippen LogP contribution in [-0.2, 0) is 10.0 Å². The average Bonchev–Trinajstić information content (AvgIpc) is 3.31. The predicted molar refractivity (Wildman–Crippen MR) is 143 cm³/mol. The molecule has 0 N–H and O–H groups in total. The average molecular weight is 515 g/mol. The molecule has 9 heteroatoms. The van der Waals surface area contributed by atoms with Crippen LogP contribution in [0, 0.1) is 13.8 Å². The normalized spacial score (nSPS) is 14.8. The van der Waals surface area contributed by atoms with Crippen LogP contribution < -0.4 is 4.90 Å². The second-order valence-corrected chi connectivity index (χ2v) is 12.0. The molecule has 0 atom stereocenters. The van der Waals surface area contributed by atoms with Crippen molar-refractivity contribution in [2.75, 3.05) is 44.2 Å². The highest BCUT2D eigenvalue weighted by molar-refractivity contribution is 7.89. The zero-order valence-electron chi connectivity index (χ0n) is 21.0. The van der Waals surface area contributed by atoms with Crippen molar-refractivity contribution in [1.29, 1.82) is 0 Å². The van der Waals surface area contributed by atoms with Crippen molar-refractivity contribution in [3.05, 3.63) is 53.1 Å². The Hall–Kier alpha value is -2.49. The summed E-state index contributed by atoms with van der Waals surface area (Å²) >= 11 is 1.70. The van der Waals surface area contributed by atoms with Crippen LogP contribution in [0.25, 0.3) is 10.2 Å². The molecule has 1 aromatic heterocycles. The van der Waals surface area contributed by atoms with Crippen LogP contribution >= 0.6 is 11.3 Å². The molecule has 1 fully saturated rings. The van der Waals surface area contributed by atoms with Crippen molar-refractivity contribution >= 4 is 42.6 Å². The predicted octanol–water partition coefficient (Wildman–Crippen LogP) is 4.69. The van der Waals surface area contributed by atoms with Crippen molar-refractivity contribution in [1.82, 2.24) is 14.2 Å². The molecule has 2 heterocycles. The third-order valence-corrected chi connectivity index (χ3v) is 9.59. The molecule has 1 saturated heterocycles. The molecule has 1 amide bonds. The highest BCUT2D eigenvalue weighted by Gasteiger charge is 2.26. The third kappa shape index (κ3) is 5.22. The van der Waals surface area contributed by atoms with Gasteiger partial charge in [-0.3, -0.25) is 4.79 Å². The second kappa shape index (κ2) is 10.6. The van der Waals surface area contributed by atoms with Gasteiger partial charge in [-0.1, -0.05) is 31.3 Å². The Morgan fingerprint density at radius 2 is 1.60 bits per heavy atom. The summed E-state index contributed by atoms with van der Waals surface area (Å²) in [4.78, 5) is 22.3. The quantitative estimate of drug-likeness (QED) is 0.436. The van der Waals surface area contributed by atoms with Gasteiger partial charge in [-0.25, -0.2) is 13.4 Å². The summed E-state index contributed by atoms with van der Waals surface area (Å²) < 4.78 is 28.7. The summed E-state index contributed by atoms with van der Waals surface area (Å²) in [6.45, 7) is 11.8. The first-order chi connectivity index (χ1) is 16.8. The molecule has 2 aromatic carbocycles. The van der Waals surface area contributed by atoms with Crippen molar-refractivity contribution in [2.45, 2.75) is 45.4 Å². The Labute approximate surface area is 212 Å². The number of benzene rings is 2. The zero-order valence-corrected chi connectivity index (χ0v) is 22.6. The van der Waals surface area contributed by atoms with Gasteiger partial charge in [0.25, 0.3) is 5.91 Å². The standard InChI is InChI=1S/C26H34N4O3S2/c1-5-13-30(14-6-2)35(32,33)22-10-8-21(9-11-22)25(31)28-15-17-29(18-16-28)26-27-24-20(4)19(3)7-12-23(24)34-26/h7-12H,5-6,13-18H2,1-4H3. The maximum Gasteiger partial charge on any atom is 0.253 e. The Morgan fingerprint density at radius 3 is 2.20 bits per heavy atom. The number of aromatic nitrogens is 1. The van der Waals surface area contributed by atoms with E-state index >= 15 is 0 Å². The number of amides is 1. The van der Waals surface area contributed by atoms with Crippen LogP contribution in [0.1, 0.15) is 48.2 Å². The van der Waals surface area contributed by atoms with Crippen molar-refractivity contribution in [2.24, 2.45) is 0 Å². The molecule has 3 aromatic rings. The zero-order chi connectivity index (χ0) is 25.2. The number of carbonyl (C=O) groups excluding carboxylic acids is 1. The molecule has 1 aliphatic heterocycles. The number of piperazine rings is 1. The van der Waals surface area contributed by atoms with Crippen LogP contribution in [0.2, 0.25) is 0 Å². The van der Waals surface area contributed by atoms with E-state index < -0.39 is 10.0 Å². The summed E-state index contributed by atoms with van der Waals surface area (Å²) in [6.07, 6.45) is 1.52. The van der Waals surface area contributed by atoms with E-state index in [9.17, 15) is 13.2 Å². The van der Waals surface area contributed by atoms with Crippen LogP contribution in [0.3, 0.4) is 0 Å². The highest BCUT2D eigenvalue weighted by atomic mass is 32.2. The van der Waals surface area contributed by atoms with Crippen molar-refractivity contribution in [3.8, 4) is 0 Å². The number of nitrogens with zero attached hydrogens (tertiary/aromatic N) is 4. The van der Waals surface area contributed by atoms with Gasteiger partial charge < -0.3 is 9.80 Å². The van der Waals surface area contributed by atoms with E-state index in [1.807, 2.05) is 18.7 Å². The van der Waals surface area contributed by atoms with Crippen molar-refractivity contribution in [3.63, 3.8) is 0 Å². The molecule has 4 rings (SSSR count). The number of fused-ring (bicyclic) bond motifs is 1. The summed E-state index contributed by atoms with van der Waals surface area (Å²) in [6, 6.07) is 10.7. The third-order valence-electron chi connectivity index (χ3n) is 6.60. The molecule has 188 valence electrons. The first kappa shape index (κ1) is 25.6. The van der Waals surface area contributed by atoms with Crippen LogP contribution in [0.15, 0.2) is 41.3 Å². The number of anilines is 1. The van der Waals surface area contributed by atoms with E-state index in [4.69, 9.17) is 4.98 Å². The molecule has 0 bridgehead atoms. The van der Waals surface area contributed by atoms with Gasteiger partial charge in [0.15, 0.2) is 5.13 Å². The Kier molecular flexibility index (Phi) is 7.78. The van der Waals surface area contributed by atoms with E-state index in [-0.39, 0.29) is 10.8 Å². The topological polar surface area (TPSA) is 73.8 Å². The monoisotopic (exact) mass is 514 g/mol. The minimum atomic E-state index is -3.55. The van der Waals surface area contributed by atoms with Crippen LogP contribution in [-0.4, -0.2) is 67.8 Å². The van der Waals surface area contributed by atoms with E-state index in [1.54, 1.807) is 35.6 Å². The number of hydrogen-bond donors (Lipinski definition) is 0. The Balaban J connectivity index is 1.42. The molecule has 0 aliphatic carbocycles. The maximum atomic E-state index is 13.1. The Morgan fingerprint density at radius 1 is 0.971 bits per heavy atom. The van der Waals surface area contributed by atoms with Gasteiger partial charge in [-0.15, -0.1) is 0 Å². The summed E-state index contributed by atoms with van der Waals surface area (Å²) in [5.74, 6) is -0.0664. The number of carbonyl (C=O) groups is 1. The van der Waals surface area contributed by atoms with Gasteiger partial charge >= 0.3 is 0 Å². The summed E-state index contributed by atoms with van der Waals surface area (Å²) in [7, 11) is -3.55. The first-order valence-corrected chi connectivity index (χ1v) is 14.5. The summed E-state index contributed by atoms with van der Waals surface area (Å²) in [5, 5.41) is 0.999. The number of sulfonamides is 1. The largest absolute Gasteiger partial charge is 0.345 e. The minimum Gasteiger partial charge on any atom is -0.345 e. The number of hydrogen-bond acceptors (Lipinski definition) is 6. The molecule has 0 unspecified atom stereocenters. The Bertz CT molecular complexity index is 1290. The van der Waals surface area contributed by atoms with Gasteiger partial charge in [-0.05, 0) is 68.1 Å². The number of rotatable bonds is 8. The molecule has 35 heavy (non-hydrogen) atoms. The van der Waals surface area contributed by atoms with Gasteiger partial charge in [0.2, 0.25) is 10.0 Å². The molecule has 0 radical (unpaired) electrons. The van der Waals surface area contributed by atoms with E-state index in [2.05, 4.69) is 30.9 Å². The number of thiazole rings is 1. The first-order valence-electron chi connectivity index (χ1n) is 12.3. The SMILES string of the molecule is CCCN(CCC)S(=O)(=O)c1ccc(C(=O)N2CCN(c3nc4c(C)c(C)ccc4s3)CC2)cc1. The lowest BCUT2D eigenvalue weighted by Crippen LogP contribution is -2.48. The second-order valence-electron chi connectivity index (χ2n) is 9.06. The molecule has 1 aliphatic rings. The molecule has 0 spiro atoms. The lowest BCUT2D eigenvalue weighted by Gasteiger charge is -2.34. The fraction of sp³-hybridized carbons (Fsp3) is 0.462. The molecule has 7 nitrogen and oxygen atoms in total. The highest BCUT2D eigenvalue weighted by Crippen LogP contribution is 2.32.